The molecule has 2 aliphatic rings. The van der Waals surface area contributed by atoms with Crippen LogP contribution in [0, 0.1) is 0 Å². The topological polar surface area (TPSA) is 32.8 Å². The summed E-state index contributed by atoms with van der Waals surface area (Å²) in [5.74, 6) is 0.987. The summed E-state index contributed by atoms with van der Waals surface area (Å²) in [5, 5.41) is 0. The molecule has 1 aromatic carbocycles. The summed E-state index contributed by atoms with van der Waals surface area (Å²) in [4.78, 5) is 14.4. The van der Waals surface area contributed by atoms with E-state index in [-0.39, 0.29) is 17.9 Å². The number of amides is 1. The van der Waals surface area contributed by atoms with E-state index in [4.69, 9.17) is 16.5 Å². The van der Waals surface area contributed by atoms with Gasteiger partial charge in [-0.2, -0.15) is 0 Å². The number of carbonyl (C=O) groups excluding carboxylic acids is 1. The average Bonchev–Trinajstić information content (AvgIpc) is 2.85. The first kappa shape index (κ1) is 13.7. The van der Waals surface area contributed by atoms with Gasteiger partial charge in [0, 0.05) is 26.1 Å². The van der Waals surface area contributed by atoms with E-state index in [1.807, 2.05) is 18.0 Å². The minimum Gasteiger partial charge on any atom is -0.496 e. The van der Waals surface area contributed by atoms with Gasteiger partial charge < -0.3 is 9.64 Å². The molecule has 0 unspecified atom stereocenters. The summed E-state index contributed by atoms with van der Waals surface area (Å²) in [6, 6.07) is 4.28. The summed E-state index contributed by atoms with van der Waals surface area (Å²) in [7, 11) is 3.48. The van der Waals surface area contributed by atoms with Gasteiger partial charge in [-0.15, -0.1) is 0 Å². The highest BCUT2D eigenvalue weighted by Crippen LogP contribution is 2.42. The number of ether oxygens (including phenoxy) is 1. The van der Waals surface area contributed by atoms with Crippen molar-refractivity contribution in [3.8, 4) is 5.75 Å². The van der Waals surface area contributed by atoms with E-state index in [1.165, 1.54) is 5.56 Å². The Labute approximate surface area is 124 Å². The summed E-state index contributed by atoms with van der Waals surface area (Å²) < 4.78 is 7.23. The molecule has 4 nitrogen and oxygen atoms in total. The third-order valence-corrected chi connectivity index (χ3v) is 4.77. The molecule has 0 bridgehead atoms. The number of hydrogen-bond acceptors (Lipinski definition) is 3. The Kier molecular flexibility index (Phi) is 3.38. The molecule has 20 heavy (non-hydrogen) atoms. The zero-order valence-corrected chi connectivity index (χ0v) is 12.8. The van der Waals surface area contributed by atoms with Crippen LogP contribution >= 0.6 is 11.8 Å². The number of halogens is 1. The van der Waals surface area contributed by atoms with Gasteiger partial charge in [-0.3, -0.25) is 4.79 Å². The van der Waals surface area contributed by atoms with Crippen LogP contribution in [-0.2, 0) is 6.42 Å². The molecule has 0 saturated carbocycles. The average molecular weight is 295 g/mol. The van der Waals surface area contributed by atoms with Crippen molar-refractivity contribution in [1.82, 2.24) is 9.32 Å². The van der Waals surface area contributed by atoms with Crippen molar-refractivity contribution in [2.24, 2.45) is 0 Å². The Bertz CT molecular complexity index is 561. The van der Waals surface area contributed by atoms with Crippen molar-refractivity contribution in [3.63, 3.8) is 0 Å². The Morgan fingerprint density at radius 1 is 1.40 bits per heavy atom. The number of fused-ring (bicyclic) bond motifs is 3. The van der Waals surface area contributed by atoms with Gasteiger partial charge in [-0.05, 0) is 35.4 Å². The van der Waals surface area contributed by atoms with Crippen LogP contribution in [0.15, 0.2) is 12.1 Å². The molecule has 0 aliphatic carbocycles. The van der Waals surface area contributed by atoms with E-state index in [2.05, 4.69) is 13.0 Å². The van der Waals surface area contributed by atoms with Crippen LogP contribution in [-0.4, -0.2) is 48.5 Å². The SMILES string of the molecule is CCc1cc(OC)c2c(c1)[C@H]1CN(Cl)C[C@@H]1N(C)C2=O. The summed E-state index contributed by atoms with van der Waals surface area (Å²) in [6.45, 7) is 3.59. The van der Waals surface area contributed by atoms with Crippen LogP contribution < -0.4 is 4.74 Å². The van der Waals surface area contributed by atoms with E-state index >= 15 is 0 Å². The van der Waals surface area contributed by atoms with Crippen molar-refractivity contribution in [2.45, 2.75) is 25.3 Å². The van der Waals surface area contributed by atoms with E-state index in [0.717, 1.165) is 18.5 Å². The number of carbonyl (C=O) groups is 1. The normalized spacial score (nSPS) is 25.6. The second-order valence-electron chi connectivity index (χ2n) is 5.53. The van der Waals surface area contributed by atoms with Crippen molar-refractivity contribution in [3.05, 3.63) is 28.8 Å². The van der Waals surface area contributed by atoms with Crippen LogP contribution in [0.25, 0.3) is 0 Å². The highest BCUT2D eigenvalue weighted by atomic mass is 35.5. The Morgan fingerprint density at radius 3 is 2.80 bits per heavy atom. The maximum atomic E-state index is 12.6. The van der Waals surface area contributed by atoms with Gasteiger partial charge in [-0.1, -0.05) is 13.0 Å². The highest BCUT2D eigenvalue weighted by Gasteiger charge is 2.44. The molecule has 2 heterocycles. The largest absolute Gasteiger partial charge is 0.496 e. The fourth-order valence-corrected chi connectivity index (χ4v) is 3.64. The standard InChI is InChI=1S/C15H19ClN2O2/c1-4-9-5-10-11-7-18(16)8-12(11)17(2)15(19)14(10)13(6-9)20-3/h5-6,11-12H,4,7-8H2,1-3H3/t11-,12+/m1/s1. The van der Waals surface area contributed by atoms with Gasteiger partial charge >= 0.3 is 0 Å². The lowest BCUT2D eigenvalue weighted by Crippen LogP contribution is -2.45. The molecule has 1 fully saturated rings. The molecule has 2 atom stereocenters. The molecule has 1 amide bonds. The molecule has 0 radical (unpaired) electrons. The second kappa shape index (κ2) is 4.93. The minimum atomic E-state index is 0.0349. The number of rotatable bonds is 2. The van der Waals surface area contributed by atoms with E-state index in [9.17, 15) is 4.79 Å². The van der Waals surface area contributed by atoms with Gasteiger partial charge in [-0.25, -0.2) is 4.42 Å². The molecule has 3 rings (SSSR count). The monoisotopic (exact) mass is 294 g/mol. The first-order valence-electron chi connectivity index (χ1n) is 6.95. The smallest absolute Gasteiger partial charge is 0.257 e. The van der Waals surface area contributed by atoms with E-state index in [1.54, 1.807) is 11.5 Å². The van der Waals surface area contributed by atoms with Gasteiger partial charge in [0.2, 0.25) is 0 Å². The lowest BCUT2D eigenvalue weighted by Gasteiger charge is -2.36. The number of hydrogen-bond donors (Lipinski definition) is 0. The molecular weight excluding hydrogens is 276 g/mol. The first-order valence-corrected chi connectivity index (χ1v) is 7.29. The zero-order chi connectivity index (χ0) is 14.4. The molecule has 108 valence electrons. The van der Waals surface area contributed by atoms with Crippen LogP contribution in [0.3, 0.4) is 0 Å². The van der Waals surface area contributed by atoms with Crippen molar-refractivity contribution in [1.29, 1.82) is 0 Å². The van der Waals surface area contributed by atoms with Gasteiger partial charge in [0.25, 0.3) is 5.91 Å². The zero-order valence-electron chi connectivity index (χ0n) is 12.0. The maximum Gasteiger partial charge on any atom is 0.257 e. The molecule has 5 heteroatoms. The number of aryl methyl sites for hydroxylation is 1. The molecule has 1 aromatic rings. The van der Waals surface area contributed by atoms with Crippen molar-refractivity contribution >= 4 is 17.7 Å². The summed E-state index contributed by atoms with van der Waals surface area (Å²) >= 11 is 6.18. The molecular formula is C15H19ClN2O2. The lowest BCUT2D eigenvalue weighted by molar-refractivity contribution is 0.0699. The maximum absolute atomic E-state index is 12.6. The quantitative estimate of drug-likeness (QED) is 0.785. The van der Waals surface area contributed by atoms with E-state index < -0.39 is 0 Å². The summed E-state index contributed by atoms with van der Waals surface area (Å²) in [6.07, 6.45) is 0.926. The predicted molar refractivity (Wildman–Crippen MR) is 78.4 cm³/mol. The number of methoxy groups -OCH3 is 1. The number of nitrogens with zero attached hydrogens (tertiary/aromatic N) is 2. The second-order valence-corrected chi connectivity index (χ2v) is 6.01. The minimum absolute atomic E-state index is 0.0349. The van der Waals surface area contributed by atoms with Crippen LogP contribution in [0.4, 0.5) is 0 Å². The Hall–Kier alpha value is -1.26. The van der Waals surface area contributed by atoms with Gasteiger partial charge in [0.1, 0.15) is 5.75 Å². The Balaban J connectivity index is 2.19. The van der Waals surface area contributed by atoms with Crippen molar-refractivity contribution in [2.75, 3.05) is 27.2 Å². The summed E-state index contributed by atoms with van der Waals surface area (Å²) in [5.41, 5.74) is 3.00. The predicted octanol–water partition coefficient (Wildman–Crippen LogP) is 2.26. The number of benzene rings is 1. The van der Waals surface area contributed by atoms with Crippen LogP contribution in [0.5, 0.6) is 5.75 Å². The molecule has 2 aliphatic heterocycles. The van der Waals surface area contributed by atoms with E-state index in [0.29, 0.717) is 17.9 Å². The first-order chi connectivity index (χ1) is 9.56. The Morgan fingerprint density at radius 2 is 2.15 bits per heavy atom. The molecule has 0 aromatic heterocycles. The fraction of sp³-hybridized carbons (Fsp3) is 0.533. The highest BCUT2D eigenvalue weighted by molar-refractivity contribution is 6.13. The van der Waals surface area contributed by atoms with Crippen molar-refractivity contribution < 1.29 is 9.53 Å². The lowest BCUT2D eigenvalue weighted by atomic mass is 9.83. The third kappa shape index (κ3) is 1.90. The molecule has 0 N–H and O–H groups in total. The third-order valence-electron chi connectivity index (χ3n) is 4.50. The molecule has 1 saturated heterocycles. The number of likely N-dealkylation sites (N-methyl/N-ethyl adjacent to an activating group) is 1. The van der Waals surface area contributed by atoms with Gasteiger partial charge in [0.15, 0.2) is 0 Å². The fourth-order valence-electron chi connectivity index (χ4n) is 3.35. The molecule has 0 spiro atoms. The van der Waals surface area contributed by atoms with Crippen LogP contribution in [0.2, 0.25) is 0 Å². The van der Waals surface area contributed by atoms with Crippen LogP contribution in [0.1, 0.15) is 34.3 Å². The van der Waals surface area contributed by atoms with Gasteiger partial charge in [0.05, 0.1) is 18.7 Å².